The number of allylic oxidation sites excluding steroid dienone is 5. The SMILES string of the molecule is CCCCCCCC/C=C/CCCCCCCCCCCCCCCCCC(=O)OC(/C=C/CCCCCCCCCCCC)C(COP(=O)(O)OCC[N+](C)(C)C)NC(=O)CCCCCCCCCCCCC/C=C/CCCCCCCC. The molecule has 84 heavy (non-hydrogen) atoms. The Kier molecular flexibility index (Phi) is 62.9. The molecule has 0 rings (SSSR count). The van der Waals surface area contributed by atoms with Crippen LogP contribution in [0.15, 0.2) is 36.5 Å². The van der Waals surface area contributed by atoms with E-state index >= 15 is 0 Å². The molecule has 0 spiro atoms. The molecule has 0 aliphatic rings. The number of rotatable bonds is 68. The maximum Gasteiger partial charge on any atom is 0.472 e. The Hall–Kier alpha value is -1.77. The van der Waals surface area contributed by atoms with Crippen molar-refractivity contribution in [3.63, 3.8) is 0 Å². The van der Waals surface area contributed by atoms with Crippen LogP contribution in [-0.2, 0) is 27.9 Å². The molecule has 2 N–H and O–H groups in total. The second kappa shape index (κ2) is 64.2. The van der Waals surface area contributed by atoms with Gasteiger partial charge in [-0.3, -0.25) is 18.6 Å². The molecule has 3 unspecified atom stereocenters. The zero-order chi connectivity index (χ0) is 61.4. The molecule has 0 aromatic carbocycles. The van der Waals surface area contributed by atoms with E-state index in [1.54, 1.807) is 0 Å². The van der Waals surface area contributed by atoms with Gasteiger partial charge in [-0.05, 0) is 83.1 Å². The van der Waals surface area contributed by atoms with Crippen LogP contribution in [0.2, 0.25) is 0 Å². The minimum absolute atomic E-state index is 0.0429. The number of unbranched alkanes of at least 4 members (excludes halogenated alkanes) is 48. The molecular weight excluding hydrogens is 1060 g/mol. The first kappa shape index (κ1) is 82.2. The number of hydrogen-bond donors (Lipinski definition) is 2. The van der Waals surface area contributed by atoms with Gasteiger partial charge in [0.2, 0.25) is 5.91 Å². The van der Waals surface area contributed by atoms with E-state index in [9.17, 15) is 19.0 Å². The lowest BCUT2D eigenvalue weighted by molar-refractivity contribution is -0.870. The van der Waals surface area contributed by atoms with Crippen LogP contribution in [0, 0.1) is 0 Å². The average molecular weight is 1200 g/mol. The fraction of sp³-hybridized carbons (Fsp3) is 0.892. The summed E-state index contributed by atoms with van der Waals surface area (Å²) in [5.74, 6) is -0.486. The molecule has 0 saturated carbocycles. The molecule has 0 aliphatic carbocycles. The number of amides is 1. The first-order valence-electron chi connectivity index (χ1n) is 36.8. The summed E-state index contributed by atoms with van der Waals surface area (Å²) in [5, 5.41) is 3.08. The largest absolute Gasteiger partial charge is 0.472 e. The van der Waals surface area contributed by atoms with Gasteiger partial charge in [-0.15, -0.1) is 0 Å². The second-order valence-corrected chi connectivity index (χ2v) is 27.9. The van der Waals surface area contributed by atoms with Crippen molar-refractivity contribution in [1.82, 2.24) is 5.32 Å². The van der Waals surface area contributed by atoms with Gasteiger partial charge in [0.1, 0.15) is 19.3 Å². The number of hydrogen-bond acceptors (Lipinski definition) is 6. The third kappa shape index (κ3) is 64.7. The number of nitrogens with one attached hydrogen (secondary N) is 1. The summed E-state index contributed by atoms with van der Waals surface area (Å²) >= 11 is 0. The number of phosphoric ester groups is 1. The second-order valence-electron chi connectivity index (χ2n) is 26.5. The number of esters is 1. The normalized spacial score (nSPS) is 13.7. The van der Waals surface area contributed by atoms with E-state index in [2.05, 4.69) is 50.4 Å². The molecule has 0 heterocycles. The van der Waals surface area contributed by atoms with Gasteiger partial charge in [-0.1, -0.05) is 314 Å². The Morgan fingerprint density at radius 3 is 1.01 bits per heavy atom. The summed E-state index contributed by atoms with van der Waals surface area (Å²) in [7, 11) is 1.51. The summed E-state index contributed by atoms with van der Waals surface area (Å²) in [6.45, 7) is 7.07. The molecule has 1 amide bonds. The van der Waals surface area contributed by atoms with E-state index in [-0.39, 0.29) is 25.1 Å². The first-order valence-corrected chi connectivity index (χ1v) is 38.3. The van der Waals surface area contributed by atoms with E-state index in [0.717, 1.165) is 57.8 Å². The van der Waals surface area contributed by atoms with Crippen molar-refractivity contribution in [3.8, 4) is 0 Å². The van der Waals surface area contributed by atoms with Crippen molar-refractivity contribution in [2.75, 3.05) is 40.9 Å². The van der Waals surface area contributed by atoms with Crippen LogP contribution >= 0.6 is 7.82 Å². The highest BCUT2D eigenvalue weighted by atomic mass is 31.2. The van der Waals surface area contributed by atoms with Gasteiger partial charge in [-0.2, -0.15) is 0 Å². The molecule has 0 aromatic rings. The Bertz CT molecular complexity index is 1530. The zero-order valence-electron chi connectivity index (χ0n) is 56.9. The van der Waals surface area contributed by atoms with E-state index < -0.39 is 20.0 Å². The third-order valence-electron chi connectivity index (χ3n) is 16.8. The molecule has 0 saturated heterocycles. The van der Waals surface area contributed by atoms with E-state index in [0.29, 0.717) is 23.9 Å². The molecule has 10 heteroatoms. The maximum atomic E-state index is 13.6. The van der Waals surface area contributed by atoms with Crippen molar-refractivity contribution >= 4 is 19.7 Å². The van der Waals surface area contributed by atoms with E-state index in [4.69, 9.17) is 13.8 Å². The average Bonchev–Trinajstić information content (AvgIpc) is 3.64. The Morgan fingerprint density at radius 2 is 0.690 bits per heavy atom. The lowest BCUT2D eigenvalue weighted by Crippen LogP contribution is -2.47. The van der Waals surface area contributed by atoms with Crippen LogP contribution in [0.25, 0.3) is 0 Å². The molecule has 0 aliphatic heterocycles. The summed E-state index contributed by atoms with van der Waals surface area (Å²) in [5.41, 5.74) is 0. The van der Waals surface area contributed by atoms with Gasteiger partial charge in [0.25, 0.3) is 0 Å². The van der Waals surface area contributed by atoms with Crippen LogP contribution in [0.5, 0.6) is 0 Å². The van der Waals surface area contributed by atoms with Gasteiger partial charge >= 0.3 is 13.8 Å². The quantitative estimate of drug-likeness (QED) is 0.0205. The number of likely N-dealkylation sites (N-methyl/N-ethyl adjacent to an activating group) is 1. The summed E-state index contributed by atoms with van der Waals surface area (Å²) in [4.78, 5) is 37.9. The van der Waals surface area contributed by atoms with E-state index in [1.165, 1.54) is 283 Å². The lowest BCUT2D eigenvalue weighted by Gasteiger charge is -2.27. The molecule has 0 aromatic heterocycles. The number of ether oxygens (including phenoxy) is 1. The fourth-order valence-electron chi connectivity index (χ4n) is 11.1. The van der Waals surface area contributed by atoms with Gasteiger partial charge in [-0.25, -0.2) is 4.57 Å². The Morgan fingerprint density at radius 1 is 0.405 bits per heavy atom. The van der Waals surface area contributed by atoms with Gasteiger partial charge < -0.3 is 19.4 Å². The summed E-state index contributed by atoms with van der Waals surface area (Å²) in [6, 6.07) is -0.846. The lowest BCUT2D eigenvalue weighted by atomic mass is 10.0. The number of carbonyl (C=O) groups is 2. The minimum atomic E-state index is -4.45. The van der Waals surface area contributed by atoms with Gasteiger partial charge in [0.05, 0.1) is 33.8 Å². The molecule has 0 radical (unpaired) electrons. The molecule has 3 atom stereocenters. The molecule has 9 nitrogen and oxygen atoms in total. The smallest absolute Gasteiger partial charge is 0.456 e. The van der Waals surface area contributed by atoms with Crippen LogP contribution in [0.4, 0.5) is 0 Å². The maximum absolute atomic E-state index is 13.6. The van der Waals surface area contributed by atoms with Crippen LogP contribution in [0.1, 0.15) is 374 Å². The fourth-order valence-corrected chi connectivity index (χ4v) is 11.8. The number of nitrogens with zero attached hydrogens (tertiary/aromatic N) is 1. The molecular formula is C74H144N2O7P+. The number of carbonyl (C=O) groups excluding carboxylic acids is 2. The predicted molar refractivity (Wildman–Crippen MR) is 365 cm³/mol. The summed E-state index contributed by atoms with van der Waals surface area (Å²) in [6.07, 6.45) is 80.2. The summed E-state index contributed by atoms with van der Waals surface area (Å²) < 4.78 is 30.9. The van der Waals surface area contributed by atoms with Crippen molar-refractivity contribution < 1.29 is 37.3 Å². The van der Waals surface area contributed by atoms with Crippen LogP contribution in [0.3, 0.4) is 0 Å². The monoisotopic (exact) mass is 1200 g/mol. The Labute approximate surface area is 523 Å². The highest BCUT2D eigenvalue weighted by Gasteiger charge is 2.30. The molecule has 0 bridgehead atoms. The van der Waals surface area contributed by atoms with Crippen LogP contribution < -0.4 is 5.32 Å². The van der Waals surface area contributed by atoms with Crippen molar-refractivity contribution in [1.29, 1.82) is 0 Å². The van der Waals surface area contributed by atoms with E-state index in [1.807, 2.05) is 33.3 Å². The topological polar surface area (TPSA) is 111 Å². The standard InChI is InChI=1S/C74H143N2O7P/c1-7-10-13-16-19-22-25-28-30-32-34-36-37-38-39-41-43-45-47-49-52-55-58-61-64-67-74(78)83-72(65-62-59-56-53-50-27-24-21-18-15-12-9-3)71(70-82-84(79,80)81-69-68-76(4,5)6)75-73(77)66-63-60-57-54-51-48-46-44-42-40-35-33-31-29-26-23-20-17-14-11-8-2/h28-31,62,65,71-72H,7-27,32-61,63-64,66-70H2,1-6H3,(H-,75,77,79,80)/p+1/b30-28+,31-29+,65-62+. The van der Waals surface area contributed by atoms with Crippen molar-refractivity contribution in [2.45, 2.75) is 386 Å². The zero-order valence-corrected chi connectivity index (χ0v) is 57.8. The van der Waals surface area contributed by atoms with Crippen molar-refractivity contribution in [3.05, 3.63) is 36.5 Å². The molecule has 0 fully saturated rings. The highest BCUT2D eigenvalue weighted by molar-refractivity contribution is 7.47. The van der Waals surface area contributed by atoms with Crippen LogP contribution in [-0.4, -0.2) is 74.3 Å². The van der Waals surface area contributed by atoms with Gasteiger partial charge in [0, 0.05) is 12.8 Å². The highest BCUT2D eigenvalue weighted by Crippen LogP contribution is 2.43. The van der Waals surface area contributed by atoms with Crippen molar-refractivity contribution in [2.24, 2.45) is 0 Å². The molecule has 496 valence electrons. The van der Waals surface area contributed by atoms with Gasteiger partial charge in [0.15, 0.2) is 0 Å². The number of phosphoric acid groups is 1. The Balaban J connectivity index is 5.00. The first-order chi connectivity index (χ1) is 40.9. The third-order valence-corrected chi connectivity index (χ3v) is 17.8. The predicted octanol–water partition coefficient (Wildman–Crippen LogP) is 23.4. The minimum Gasteiger partial charge on any atom is -0.456 e. The number of quaternary nitrogens is 1.